The Bertz CT molecular complexity index is 641. The third-order valence-electron chi connectivity index (χ3n) is 4.17. The van der Waals surface area contributed by atoms with E-state index in [0.29, 0.717) is 0 Å². The number of rotatable bonds is 2. The van der Waals surface area contributed by atoms with E-state index >= 15 is 0 Å². The summed E-state index contributed by atoms with van der Waals surface area (Å²) >= 11 is 6.38. The predicted octanol–water partition coefficient (Wildman–Crippen LogP) is 3.89. The fraction of sp³-hybridized carbons (Fsp3) is 0.294. The SMILES string of the molecule is COc1ccc2c(c1)C(N)(c1ccccc1Cl)CCC2. The Kier molecular flexibility index (Phi) is 3.45. The normalized spacial score (nSPS) is 21.4. The molecule has 0 bridgehead atoms. The van der Waals surface area contributed by atoms with Crippen LogP contribution in [0.3, 0.4) is 0 Å². The minimum absolute atomic E-state index is 0.527. The predicted molar refractivity (Wildman–Crippen MR) is 82.4 cm³/mol. The molecule has 20 heavy (non-hydrogen) atoms. The molecule has 1 unspecified atom stereocenters. The zero-order chi connectivity index (χ0) is 14.2. The van der Waals surface area contributed by atoms with Gasteiger partial charge in [-0.15, -0.1) is 0 Å². The van der Waals surface area contributed by atoms with Crippen LogP contribution in [0, 0.1) is 0 Å². The average Bonchev–Trinajstić information content (AvgIpc) is 2.48. The molecule has 0 aliphatic heterocycles. The Morgan fingerprint density at radius 1 is 1.15 bits per heavy atom. The molecule has 0 aromatic heterocycles. The first-order chi connectivity index (χ1) is 9.65. The first-order valence-corrected chi connectivity index (χ1v) is 7.24. The number of ether oxygens (including phenoxy) is 1. The highest BCUT2D eigenvalue weighted by Gasteiger charge is 2.36. The van der Waals surface area contributed by atoms with Crippen LogP contribution >= 0.6 is 11.6 Å². The van der Waals surface area contributed by atoms with Crippen LogP contribution in [0.1, 0.15) is 29.5 Å². The van der Waals surface area contributed by atoms with Gasteiger partial charge in [0.15, 0.2) is 0 Å². The fourth-order valence-electron chi connectivity index (χ4n) is 3.11. The van der Waals surface area contributed by atoms with Crippen LogP contribution in [-0.4, -0.2) is 7.11 Å². The summed E-state index contributed by atoms with van der Waals surface area (Å²) in [6.07, 6.45) is 3.03. The van der Waals surface area contributed by atoms with Crippen molar-refractivity contribution in [1.82, 2.24) is 0 Å². The Morgan fingerprint density at radius 3 is 2.70 bits per heavy atom. The number of benzene rings is 2. The summed E-state index contributed by atoms with van der Waals surface area (Å²) in [4.78, 5) is 0. The first-order valence-electron chi connectivity index (χ1n) is 6.86. The van der Waals surface area contributed by atoms with Crippen LogP contribution < -0.4 is 10.5 Å². The molecule has 3 rings (SSSR count). The zero-order valence-corrected chi connectivity index (χ0v) is 12.3. The van der Waals surface area contributed by atoms with E-state index in [-0.39, 0.29) is 0 Å². The molecule has 0 heterocycles. The lowest BCUT2D eigenvalue weighted by atomic mass is 9.73. The van der Waals surface area contributed by atoms with Gasteiger partial charge in [-0.25, -0.2) is 0 Å². The quantitative estimate of drug-likeness (QED) is 0.909. The van der Waals surface area contributed by atoms with Gasteiger partial charge in [-0.05, 0) is 54.2 Å². The van der Waals surface area contributed by atoms with Gasteiger partial charge in [-0.2, -0.15) is 0 Å². The number of methoxy groups -OCH3 is 1. The van der Waals surface area contributed by atoms with Gasteiger partial charge in [0.25, 0.3) is 0 Å². The molecule has 104 valence electrons. The lowest BCUT2D eigenvalue weighted by molar-refractivity contribution is 0.404. The molecule has 1 aliphatic carbocycles. The molecule has 3 heteroatoms. The van der Waals surface area contributed by atoms with Gasteiger partial charge in [0.2, 0.25) is 0 Å². The number of hydrogen-bond donors (Lipinski definition) is 1. The molecule has 0 fully saturated rings. The molecule has 0 spiro atoms. The monoisotopic (exact) mass is 287 g/mol. The van der Waals surface area contributed by atoms with Crippen LogP contribution in [0.15, 0.2) is 42.5 Å². The summed E-state index contributed by atoms with van der Waals surface area (Å²) in [5, 5.41) is 0.727. The van der Waals surface area contributed by atoms with Crippen molar-refractivity contribution in [3.8, 4) is 5.75 Å². The summed E-state index contributed by atoms with van der Waals surface area (Å²) in [6, 6.07) is 14.0. The van der Waals surface area contributed by atoms with E-state index in [4.69, 9.17) is 22.1 Å². The van der Waals surface area contributed by atoms with Crippen molar-refractivity contribution in [1.29, 1.82) is 0 Å². The van der Waals surface area contributed by atoms with E-state index in [1.54, 1.807) is 7.11 Å². The molecule has 0 radical (unpaired) electrons. The highest BCUT2D eigenvalue weighted by Crippen LogP contribution is 2.42. The highest BCUT2D eigenvalue weighted by atomic mass is 35.5. The van der Waals surface area contributed by atoms with Gasteiger partial charge in [-0.1, -0.05) is 35.9 Å². The second kappa shape index (κ2) is 5.12. The maximum atomic E-state index is 6.78. The van der Waals surface area contributed by atoms with Gasteiger partial charge < -0.3 is 10.5 Å². The van der Waals surface area contributed by atoms with Crippen molar-refractivity contribution in [3.63, 3.8) is 0 Å². The van der Waals surface area contributed by atoms with Crippen molar-refractivity contribution in [2.45, 2.75) is 24.8 Å². The molecule has 0 amide bonds. The topological polar surface area (TPSA) is 35.2 Å². The second-order valence-electron chi connectivity index (χ2n) is 5.33. The summed E-state index contributed by atoms with van der Waals surface area (Å²) in [7, 11) is 1.68. The molecule has 1 atom stereocenters. The molecule has 1 aliphatic rings. The Hall–Kier alpha value is -1.51. The maximum absolute atomic E-state index is 6.78. The van der Waals surface area contributed by atoms with E-state index in [0.717, 1.165) is 41.2 Å². The van der Waals surface area contributed by atoms with Crippen molar-refractivity contribution in [2.75, 3.05) is 7.11 Å². The van der Waals surface area contributed by atoms with Crippen molar-refractivity contribution < 1.29 is 4.74 Å². The minimum atomic E-state index is -0.527. The van der Waals surface area contributed by atoms with Gasteiger partial charge >= 0.3 is 0 Å². The standard InChI is InChI=1S/C17H18ClNO/c1-20-13-9-8-12-5-4-10-17(19,15(12)11-13)14-6-2-3-7-16(14)18/h2-3,6-9,11H,4-5,10,19H2,1H3. The van der Waals surface area contributed by atoms with Crippen LogP contribution in [0.2, 0.25) is 5.02 Å². The number of halogens is 1. The Labute approximate surface area is 124 Å². The third-order valence-corrected chi connectivity index (χ3v) is 4.50. The number of hydrogen-bond acceptors (Lipinski definition) is 2. The van der Waals surface area contributed by atoms with Crippen molar-refractivity contribution in [2.24, 2.45) is 5.73 Å². The van der Waals surface area contributed by atoms with Crippen molar-refractivity contribution >= 4 is 11.6 Å². The summed E-state index contributed by atoms with van der Waals surface area (Å²) in [5.74, 6) is 0.840. The van der Waals surface area contributed by atoms with Gasteiger partial charge in [0.1, 0.15) is 5.75 Å². The van der Waals surface area contributed by atoms with E-state index in [1.807, 2.05) is 30.3 Å². The number of nitrogens with two attached hydrogens (primary N) is 1. The molecular formula is C17H18ClNO. The minimum Gasteiger partial charge on any atom is -0.497 e. The van der Waals surface area contributed by atoms with Crippen LogP contribution in [0.4, 0.5) is 0 Å². The number of aryl methyl sites for hydroxylation is 1. The Balaban J connectivity index is 2.19. The molecule has 2 aromatic carbocycles. The number of fused-ring (bicyclic) bond motifs is 1. The lowest BCUT2D eigenvalue weighted by Crippen LogP contribution is -2.41. The molecule has 2 nitrogen and oxygen atoms in total. The molecule has 0 saturated heterocycles. The maximum Gasteiger partial charge on any atom is 0.119 e. The van der Waals surface area contributed by atoms with Crippen LogP contribution in [0.25, 0.3) is 0 Å². The molecule has 2 aromatic rings. The van der Waals surface area contributed by atoms with Crippen LogP contribution in [0.5, 0.6) is 5.75 Å². The average molecular weight is 288 g/mol. The largest absolute Gasteiger partial charge is 0.497 e. The summed E-state index contributed by atoms with van der Waals surface area (Å²) < 4.78 is 5.35. The second-order valence-corrected chi connectivity index (χ2v) is 5.74. The lowest BCUT2D eigenvalue weighted by Gasteiger charge is -2.37. The summed E-state index contributed by atoms with van der Waals surface area (Å²) in [6.45, 7) is 0. The van der Waals surface area contributed by atoms with E-state index in [2.05, 4.69) is 12.1 Å². The highest BCUT2D eigenvalue weighted by molar-refractivity contribution is 6.31. The van der Waals surface area contributed by atoms with Gasteiger partial charge in [0.05, 0.1) is 12.6 Å². The van der Waals surface area contributed by atoms with Crippen LogP contribution in [-0.2, 0) is 12.0 Å². The fourth-order valence-corrected chi connectivity index (χ4v) is 3.42. The first kappa shape index (κ1) is 13.5. The van der Waals surface area contributed by atoms with E-state index in [1.165, 1.54) is 5.56 Å². The molecule has 0 saturated carbocycles. The van der Waals surface area contributed by atoms with Crippen molar-refractivity contribution in [3.05, 3.63) is 64.2 Å². The molecule has 2 N–H and O–H groups in total. The van der Waals surface area contributed by atoms with E-state index < -0.39 is 5.54 Å². The molecular weight excluding hydrogens is 270 g/mol. The zero-order valence-electron chi connectivity index (χ0n) is 11.5. The smallest absolute Gasteiger partial charge is 0.119 e. The summed E-state index contributed by atoms with van der Waals surface area (Å²) in [5.41, 5.74) is 9.67. The van der Waals surface area contributed by atoms with E-state index in [9.17, 15) is 0 Å². The third kappa shape index (κ3) is 2.09. The van der Waals surface area contributed by atoms with Gasteiger partial charge in [-0.3, -0.25) is 0 Å². The Morgan fingerprint density at radius 2 is 1.95 bits per heavy atom. The van der Waals surface area contributed by atoms with Gasteiger partial charge in [0, 0.05) is 5.02 Å².